The van der Waals surface area contributed by atoms with Crippen LogP contribution in [-0.2, 0) is 5.60 Å². The Labute approximate surface area is 122 Å². The van der Waals surface area contributed by atoms with Gasteiger partial charge in [-0.15, -0.1) is 0 Å². The Kier molecular flexibility index (Phi) is 5.07. The standard InChI is InChI=1S/C14H19BrClNO/c15-8-1-9-17-10-6-14(18,7-11-17)12-2-4-13(16)5-3-12/h2-5,18H,1,6-11H2. The number of halogens is 2. The molecule has 18 heavy (non-hydrogen) atoms. The molecule has 100 valence electrons. The van der Waals surface area contributed by atoms with Crippen molar-refractivity contribution in [3.05, 3.63) is 34.9 Å². The molecule has 2 rings (SSSR count). The van der Waals surface area contributed by atoms with Crippen LogP contribution < -0.4 is 0 Å². The second-order valence-corrected chi connectivity index (χ2v) is 6.15. The van der Waals surface area contributed by atoms with Crippen LogP contribution in [0.1, 0.15) is 24.8 Å². The molecular weight excluding hydrogens is 314 g/mol. The van der Waals surface area contributed by atoms with Gasteiger partial charge in [-0.05, 0) is 43.5 Å². The fraction of sp³-hybridized carbons (Fsp3) is 0.571. The first-order valence-electron chi connectivity index (χ1n) is 6.41. The van der Waals surface area contributed by atoms with Crippen molar-refractivity contribution in [3.63, 3.8) is 0 Å². The lowest BCUT2D eigenvalue weighted by Gasteiger charge is -2.38. The number of rotatable bonds is 4. The van der Waals surface area contributed by atoms with Gasteiger partial charge in [-0.1, -0.05) is 39.7 Å². The summed E-state index contributed by atoms with van der Waals surface area (Å²) in [4.78, 5) is 2.42. The van der Waals surface area contributed by atoms with Crippen LogP contribution in [0.25, 0.3) is 0 Å². The monoisotopic (exact) mass is 331 g/mol. The molecule has 4 heteroatoms. The van der Waals surface area contributed by atoms with Crippen LogP contribution in [-0.4, -0.2) is 35.0 Å². The van der Waals surface area contributed by atoms with Crippen molar-refractivity contribution in [2.75, 3.05) is 25.0 Å². The second kappa shape index (κ2) is 6.38. The second-order valence-electron chi connectivity index (χ2n) is 4.92. The minimum absolute atomic E-state index is 0.671. The van der Waals surface area contributed by atoms with Gasteiger partial charge in [-0.2, -0.15) is 0 Å². The van der Waals surface area contributed by atoms with E-state index in [1.54, 1.807) is 0 Å². The summed E-state index contributed by atoms with van der Waals surface area (Å²) in [7, 11) is 0. The highest BCUT2D eigenvalue weighted by molar-refractivity contribution is 9.09. The Bertz CT molecular complexity index is 374. The molecule has 1 aliphatic rings. The molecule has 1 N–H and O–H groups in total. The normalized spacial score (nSPS) is 19.9. The van der Waals surface area contributed by atoms with Crippen molar-refractivity contribution in [2.24, 2.45) is 0 Å². The number of nitrogens with zero attached hydrogens (tertiary/aromatic N) is 1. The molecule has 0 amide bonds. The number of benzene rings is 1. The SMILES string of the molecule is OC1(c2ccc(Cl)cc2)CCN(CCCBr)CC1. The average molecular weight is 333 g/mol. The smallest absolute Gasteiger partial charge is 0.0920 e. The lowest BCUT2D eigenvalue weighted by atomic mass is 9.84. The molecule has 1 aliphatic heterocycles. The van der Waals surface area contributed by atoms with Gasteiger partial charge in [-0.3, -0.25) is 0 Å². The number of aliphatic hydroxyl groups is 1. The first-order valence-corrected chi connectivity index (χ1v) is 7.91. The van der Waals surface area contributed by atoms with Gasteiger partial charge in [-0.25, -0.2) is 0 Å². The number of likely N-dealkylation sites (tertiary alicyclic amines) is 1. The Morgan fingerprint density at radius 3 is 2.39 bits per heavy atom. The predicted molar refractivity (Wildman–Crippen MR) is 79.4 cm³/mol. The Morgan fingerprint density at radius 1 is 1.22 bits per heavy atom. The van der Waals surface area contributed by atoms with Crippen LogP contribution in [0, 0.1) is 0 Å². The summed E-state index contributed by atoms with van der Waals surface area (Å²) in [6, 6.07) is 7.59. The van der Waals surface area contributed by atoms with E-state index in [0.717, 1.165) is 48.4 Å². The number of piperidine rings is 1. The molecule has 1 heterocycles. The maximum atomic E-state index is 10.7. The molecule has 0 spiro atoms. The minimum Gasteiger partial charge on any atom is -0.385 e. The van der Waals surface area contributed by atoms with E-state index in [4.69, 9.17) is 11.6 Å². The van der Waals surface area contributed by atoms with E-state index in [9.17, 15) is 5.11 Å². The summed E-state index contributed by atoms with van der Waals surface area (Å²) in [6.07, 6.45) is 2.77. The topological polar surface area (TPSA) is 23.5 Å². The summed E-state index contributed by atoms with van der Waals surface area (Å²) < 4.78 is 0. The predicted octanol–water partition coefficient (Wildman–Crippen LogP) is 3.41. The maximum absolute atomic E-state index is 10.7. The van der Waals surface area contributed by atoms with Gasteiger partial charge >= 0.3 is 0 Å². The molecule has 1 aromatic rings. The fourth-order valence-corrected chi connectivity index (χ4v) is 2.86. The molecule has 0 bridgehead atoms. The summed E-state index contributed by atoms with van der Waals surface area (Å²) in [5, 5.41) is 12.5. The van der Waals surface area contributed by atoms with Gasteiger partial charge in [0.1, 0.15) is 0 Å². The van der Waals surface area contributed by atoms with Crippen LogP contribution in [0.15, 0.2) is 24.3 Å². The third-order valence-corrected chi connectivity index (χ3v) is 4.49. The zero-order valence-corrected chi connectivity index (χ0v) is 12.8. The van der Waals surface area contributed by atoms with E-state index in [2.05, 4.69) is 20.8 Å². The zero-order chi connectivity index (χ0) is 13.0. The van der Waals surface area contributed by atoms with E-state index in [1.165, 1.54) is 6.42 Å². The van der Waals surface area contributed by atoms with Gasteiger partial charge < -0.3 is 10.0 Å². The molecule has 1 fully saturated rings. The average Bonchev–Trinajstić information content (AvgIpc) is 2.39. The van der Waals surface area contributed by atoms with Crippen molar-refractivity contribution < 1.29 is 5.11 Å². The van der Waals surface area contributed by atoms with Gasteiger partial charge in [0, 0.05) is 23.4 Å². The molecular formula is C14H19BrClNO. The number of hydrogen-bond donors (Lipinski definition) is 1. The lowest BCUT2D eigenvalue weighted by molar-refractivity contribution is -0.0257. The Morgan fingerprint density at radius 2 is 1.83 bits per heavy atom. The van der Waals surface area contributed by atoms with Crippen LogP contribution in [0.4, 0.5) is 0 Å². The zero-order valence-electron chi connectivity index (χ0n) is 10.4. The van der Waals surface area contributed by atoms with Crippen molar-refractivity contribution >= 4 is 27.5 Å². The fourth-order valence-electron chi connectivity index (χ4n) is 2.48. The highest BCUT2D eigenvalue weighted by Crippen LogP contribution is 2.33. The Hall–Kier alpha value is -0.0900. The van der Waals surface area contributed by atoms with E-state index in [-0.39, 0.29) is 0 Å². The third kappa shape index (κ3) is 3.47. The van der Waals surface area contributed by atoms with Crippen LogP contribution in [0.2, 0.25) is 5.02 Å². The van der Waals surface area contributed by atoms with E-state index < -0.39 is 5.60 Å². The van der Waals surface area contributed by atoms with E-state index in [1.807, 2.05) is 24.3 Å². The molecule has 2 nitrogen and oxygen atoms in total. The van der Waals surface area contributed by atoms with Crippen molar-refractivity contribution in [3.8, 4) is 0 Å². The molecule has 0 unspecified atom stereocenters. The van der Waals surface area contributed by atoms with E-state index in [0.29, 0.717) is 0 Å². The Balaban J connectivity index is 1.96. The third-order valence-electron chi connectivity index (χ3n) is 3.67. The van der Waals surface area contributed by atoms with Gasteiger partial charge in [0.05, 0.1) is 5.60 Å². The molecule has 0 aliphatic carbocycles. The van der Waals surface area contributed by atoms with Gasteiger partial charge in [0.25, 0.3) is 0 Å². The number of alkyl halides is 1. The van der Waals surface area contributed by atoms with Crippen molar-refractivity contribution in [1.82, 2.24) is 4.90 Å². The van der Waals surface area contributed by atoms with Crippen molar-refractivity contribution in [2.45, 2.75) is 24.9 Å². The number of hydrogen-bond acceptors (Lipinski definition) is 2. The first kappa shape index (κ1) is 14.3. The lowest BCUT2D eigenvalue weighted by Crippen LogP contribution is -2.42. The molecule has 0 atom stereocenters. The largest absolute Gasteiger partial charge is 0.385 e. The van der Waals surface area contributed by atoms with Crippen LogP contribution in [0.3, 0.4) is 0 Å². The summed E-state index contributed by atoms with van der Waals surface area (Å²) in [5.74, 6) is 0. The molecule has 0 aromatic heterocycles. The summed E-state index contributed by atoms with van der Waals surface area (Å²) in [5.41, 5.74) is 0.321. The summed E-state index contributed by atoms with van der Waals surface area (Å²) >= 11 is 9.34. The van der Waals surface area contributed by atoms with Crippen molar-refractivity contribution in [1.29, 1.82) is 0 Å². The van der Waals surface area contributed by atoms with Gasteiger partial charge in [0.2, 0.25) is 0 Å². The first-order chi connectivity index (χ1) is 8.64. The molecule has 0 saturated carbocycles. The highest BCUT2D eigenvalue weighted by atomic mass is 79.9. The molecule has 1 saturated heterocycles. The molecule has 0 radical (unpaired) electrons. The minimum atomic E-state index is -0.671. The van der Waals surface area contributed by atoms with Crippen LogP contribution in [0.5, 0.6) is 0 Å². The quantitative estimate of drug-likeness (QED) is 0.854. The maximum Gasteiger partial charge on any atom is 0.0920 e. The molecule has 1 aromatic carbocycles. The van der Waals surface area contributed by atoms with E-state index >= 15 is 0 Å². The highest BCUT2D eigenvalue weighted by Gasteiger charge is 2.33. The van der Waals surface area contributed by atoms with Crippen LogP contribution >= 0.6 is 27.5 Å². The van der Waals surface area contributed by atoms with Gasteiger partial charge in [0.15, 0.2) is 0 Å². The summed E-state index contributed by atoms with van der Waals surface area (Å²) in [6.45, 7) is 3.04.